The minimum absolute atomic E-state index is 0.0266. The van der Waals surface area contributed by atoms with E-state index in [1.807, 2.05) is 19.9 Å². The quantitative estimate of drug-likeness (QED) is 0.660. The van der Waals surface area contributed by atoms with Crippen molar-refractivity contribution in [1.29, 1.82) is 0 Å². The summed E-state index contributed by atoms with van der Waals surface area (Å²) in [5.74, 6) is 0. The summed E-state index contributed by atoms with van der Waals surface area (Å²) in [5, 5.41) is 0. The predicted octanol–water partition coefficient (Wildman–Crippen LogP) is 2.21. The first-order valence-electron chi connectivity index (χ1n) is 3.77. The zero-order chi connectivity index (χ0) is 8.72. The molecule has 0 spiro atoms. The molecule has 0 fully saturated rings. The Morgan fingerprint density at radius 2 is 2.08 bits per heavy atom. The molecule has 0 aliphatic carbocycles. The lowest BCUT2D eigenvalue weighted by Crippen LogP contribution is -1.90. The van der Waals surface area contributed by atoms with E-state index in [1.54, 1.807) is 0 Å². The number of fused-ring (bicyclic) bond motifs is 1. The normalized spacial score (nSPS) is 10.8. The van der Waals surface area contributed by atoms with E-state index in [1.165, 1.54) is 16.9 Å². The minimum atomic E-state index is 0.0266. The number of hydrogen-bond acceptors (Lipinski definition) is 2. The lowest BCUT2D eigenvalue weighted by molar-refractivity contribution is 1.35. The molecule has 1 heterocycles. The van der Waals surface area contributed by atoms with Crippen molar-refractivity contribution in [2.24, 2.45) is 0 Å². The SMILES string of the molecule is Cc1cc(C)c2[nH]c(=O)sc2c1. The number of aryl methyl sites for hydroxylation is 2. The molecule has 2 aromatic rings. The van der Waals surface area contributed by atoms with Gasteiger partial charge in [-0.25, -0.2) is 0 Å². The third-order valence-corrected chi connectivity index (χ3v) is 2.70. The Kier molecular flexibility index (Phi) is 1.54. The van der Waals surface area contributed by atoms with E-state index in [4.69, 9.17) is 0 Å². The summed E-state index contributed by atoms with van der Waals surface area (Å²) >= 11 is 1.27. The van der Waals surface area contributed by atoms with Gasteiger partial charge < -0.3 is 4.98 Å². The number of thiazole rings is 1. The summed E-state index contributed by atoms with van der Waals surface area (Å²) < 4.78 is 1.05. The van der Waals surface area contributed by atoms with E-state index in [0.29, 0.717) is 0 Å². The third kappa shape index (κ3) is 1.06. The molecular weight excluding hydrogens is 170 g/mol. The van der Waals surface area contributed by atoms with Gasteiger partial charge in [0.05, 0.1) is 10.2 Å². The van der Waals surface area contributed by atoms with Crippen molar-refractivity contribution >= 4 is 21.6 Å². The van der Waals surface area contributed by atoms with Crippen LogP contribution in [0.5, 0.6) is 0 Å². The van der Waals surface area contributed by atoms with E-state index in [-0.39, 0.29) is 4.87 Å². The molecule has 3 heteroatoms. The molecule has 0 amide bonds. The van der Waals surface area contributed by atoms with Gasteiger partial charge in [0.25, 0.3) is 0 Å². The maximum atomic E-state index is 11.0. The molecule has 2 rings (SSSR count). The molecular formula is C9H9NOS. The highest BCUT2D eigenvalue weighted by Crippen LogP contribution is 2.19. The lowest BCUT2D eigenvalue weighted by atomic mass is 10.1. The Hall–Kier alpha value is -1.09. The fourth-order valence-corrected chi connectivity index (χ4v) is 2.31. The van der Waals surface area contributed by atoms with Crippen molar-refractivity contribution in [3.05, 3.63) is 32.9 Å². The molecule has 12 heavy (non-hydrogen) atoms. The van der Waals surface area contributed by atoms with Gasteiger partial charge in [-0.3, -0.25) is 4.79 Å². The molecule has 0 atom stereocenters. The van der Waals surface area contributed by atoms with E-state index < -0.39 is 0 Å². The second kappa shape index (κ2) is 2.45. The fourth-order valence-electron chi connectivity index (χ4n) is 1.40. The van der Waals surface area contributed by atoms with Crippen LogP contribution in [0.3, 0.4) is 0 Å². The minimum Gasteiger partial charge on any atom is -0.312 e. The first-order chi connectivity index (χ1) is 5.66. The van der Waals surface area contributed by atoms with E-state index >= 15 is 0 Å². The van der Waals surface area contributed by atoms with Crippen LogP contribution in [0.1, 0.15) is 11.1 Å². The van der Waals surface area contributed by atoms with Crippen LogP contribution in [0.25, 0.3) is 10.2 Å². The van der Waals surface area contributed by atoms with Gasteiger partial charge >= 0.3 is 4.87 Å². The van der Waals surface area contributed by atoms with Crippen molar-refractivity contribution in [3.63, 3.8) is 0 Å². The van der Waals surface area contributed by atoms with Gasteiger partial charge in [0.2, 0.25) is 0 Å². The number of benzene rings is 1. The third-order valence-electron chi connectivity index (χ3n) is 1.87. The second-order valence-electron chi connectivity index (χ2n) is 2.97. The van der Waals surface area contributed by atoms with Gasteiger partial charge in [-0.05, 0) is 31.0 Å². The van der Waals surface area contributed by atoms with Crippen LogP contribution in [0.4, 0.5) is 0 Å². The largest absolute Gasteiger partial charge is 0.312 e. The Bertz CT molecular complexity index is 481. The summed E-state index contributed by atoms with van der Waals surface area (Å²) in [6.07, 6.45) is 0. The van der Waals surface area contributed by atoms with E-state index in [0.717, 1.165) is 15.8 Å². The van der Waals surface area contributed by atoms with Gasteiger partial charge in [0, 0.05) is 0 Å². The summed E-state index contributed by atoms with van der Waals surface area (Å²) in [4.78, 5) is 13.9. The number of aromatic nitrogens is 1. The second-order valence-corrected chi connectivity index (χ2v) is 3.98. The van der Waals surface area contributed by atoms with Crippen LogP contribution in [-0.4, -0.2) is 4.98 Å². The standard InChI is InChI=1S/C9H9NOS/c1-5-3-6(2)8-7(4-5)12-9(11)10-8/h3-4H,1-2H3,(H,10,11). The number of rotatable bonds is 0. The van der Waals surface area contributed by atoms with Crippen molar-refractivity contribution in [3.8, 4) is 0 Å². The number of nitrogens with one attached hydrogen (secondary N) is 1. The zero-order valence-electron chi connectivity index (χ0n) is 6.97. The molecule has 1 aromatic carbocycles. The zero-order valence-corrected chi connectivity index (χ0v) is 7.79. The van der Waals surface area contributed by atoms with Gasteiger partial charge in [0.15, 0.2) is 0 Å². The van der Waals surface area contributed by atoms with Crippen LogP contribution in [0.15, 0.2) is 16.9 Å². The number of hydrogen-bond donors (Lipinski definition) is 1. The Morgan fingerprint density at radius 1 is 1.33 bits per heavy atom. The first kappa shape index (κ1) is 7.55. The fraction of sp³-hybridized carbons (Fsp3) is 0.222. The Balaban J connectivity index is 2.97. The highest BCUT2D eigenvalue weighted by molar-refractivity contribution is 7.16. The summed E-state index contributed by atoms with van der Waals surface area (Å²) in [5.41, 5.74) is 3.33. The highest BCUT2D eigenvalue weighted by atomic mass is 32.1. The summed E-state index contributed by atoms with van der Waals surface area (Å²) in [7, 11) is 0. The number of aromatic amines is 1. The maximum Gasteiger partial charge on any atom is 0.305 e. The maximum absolute atomic E-state index is 11.0. The molecule has 0 aliphatic rings. The predicted molar refractivity (Wildman–Crippen MR) is 51.9 cm³/mol. The molecule has 0 unspecified atom stereocenters. The molecule has 0 bridgehead atoms. The van der Waals surface area contributed by atoms with Crippen LogP contribution >= 0.6 is 11.3 Å². The van der Waals surface area contributed by atoms with Gasteiger partial charge in [-0.1, -0.05) is 17.4 Å². The lowest BCUT2D eigenvalue weighted by Gasteiger charge is -1.96. The van der Waals surface area contributed by atoms with Crippen LogP contribution in [0, 0.1) is 13.8 Å². The molecule has 0 radical (unpaired) electrons. The monoisotopic (exact) mass is 179 g/mol. The average molecular weight is 179 g/mol. The molecule has 0 aliphatic heterocycles. The van der Waals surface area contributed by atoms with E-state index in [2.05, 4.69) is 11.1 Å². The molecule has 1 N–H and O–H groups in total. The topological polar surface area (TPSA) is 32.9 Å². The average Bonchev–Trinajstić information content (AvgIpc) is 2.29. The number of H-pyrrole nitrogens is 1. The van der Waals surface area contributed by atoms with Crippen LogP contribution in [0.2, 0.25) is 0 Å². The van der Waals surface area contributed by atoms with Crippen molar-refractivity contribution in [2.45, 2.75) is 13.8 Å². The first-order valence-corrected chi connectivity index (χ1v) is 4.58. The highest BCUT2D eigenvalue weighted by Gasteiger charge is 2.01. The Morgan fingerprint density at radius 3 is 2.83 bits per heavy atom. The Labute approximate surface area is 73.9 Å². The van der Waals surface area contributed by atoms with Gasteiger partial charge in [0.1, 0.15) is 0 Å². The molecule has 0 saturated heterocycles. The van der Waals surface area contributed by atoms with Crippen molar-refractivity contribution < 1.29 is 0 Å². The van der Waals surface area contributed by atoms with Crippen LogP contribution in [-0.2, 0) is 0 Å². The molecule has 1 aromatic heterocycles. The molecule has 0 saturated carbocycles. The smallest absolute Gasteiger partial charge is 0.305 e. The van der Waals surface area contributed by atoms with Crippen molar-refractivity contribution in [1.82, 2.24) is 4.98 Å². The summed E-state index contributed by atoms with van der Waals surface area (Å²) in [6.45, 7) is 4.05. The van der Waals surface area contributed by atoms with Crippen molar-refractivity contribution in [2.75, 3.05) is 0 Å². The summed E-state index contributed by atoms with van der Waals surface area (Å²) in [6, 6.07) is 4.11. The molecule has 62 valence electrons. The van der Waals surface area contributed by atoms with Gasteiger partial charge in [-0.15, -0.1) is 0 Å². The molecule has 2 nitrogen and oxygen atoms in total. The van der Waals surface area contributed by atoms with E-state index in [9.17, 15) is 4.79 Å². The van der Waals surface area contributed by atoms with Crippen LogP contribution < -0.4 is 4.87 Å². The van der Waals surface area contributed by atoms with Gasteiger partial charge in [-0.2, -0.15) is 0 Å².